The molecule has 0 N–H and O–H groups in total. The Balaban J connectivity index is 1.50. The van der Waals surface area contributed by atoms with E-state index in [1.165, 1.54) is 5.56 Å². The Morgan fingerprint density at radius 3 is 2.46 bits per heavy atom. The lowest BCUT2D eigenvalue weighted by molar-refractivity contribution is -0.134. The van der Waals surface area contributed by atoms with Crippen LogP contribution < -0.4 is 4.74 Å². The molecule has 0 aromatic heterocycles. The number of carbonyl (C=O) groups is 2. The van der Waals surface area contributed by atoms with Crippen molar-refractivity contribution in [2.75, 3.05) is 66.1 Å². The summed E-state index contributed by atoms with van der Waals surface area (Å²) in [7, 11) is 2.16. The lowest BCUT2D eigenvalue weighted by Gasteiger charge is -2.36. The van der Waals surface area contributed by atoms with E-state index in [1.807, 2.05) is 17.9 Å². The van der Waals surface area contributed by atoms with Crippen molar-refractivity contribution in [1.82, 2.24) is 14.7 Å². The molecule has 1 aromatic rings. The van der Waals surface area contributed by atoms with Crippen molar-refractivity contribution >= 4 is 11.6 Å². The van der Waals surface area contributed by atoms with E-state index >= 15 is 0 Å². The highest BCUT2D eigenvalue weighted by molar-refractivity contribution is 6.46. The van der Waals surface area contributed by atoms with Crippen molar-refractivity contribution < 1.29 is 19.1 Å². The fraction of sp³-hybridized carbons (Fsp3) is 0.619. The molecule has 4 rings (SSSR count). The number of carbonyl (C=O) groups excluding carboxylic acids is 2. The quantitative estimate of drug-likeness (QED) is 0.701. The third kappa shape index (κ3) is 3.85. The average molecular weight is 387 g/mol. The van der Waals surface area contributed by atoms with Gasteiger partial charge >= 0.3 is 0 Å². The molecule has 3 aliphatic heterocycles. The highest BCUT2D eigenvalue weighted by Crippen LogP contribution is 2.33. The van der Waals surface area contributed by atoms with E-state index in [0.717, 1.165) is 44.7 Å². The van der Waals surface area contributed by atoms with Crippen LogP contribution in [0.3, 0.4) is 0 Å². The second-order valence-corrected chi connectivity index (χ2v) is 7.93. The van der Waals surface area contributed by atoms with Gasteiger partial charge in [-0.2, -0.15) is 0 Å². The molecule has 1 atom stereocenters. The number of fused-ring (bicyclic) bond motifs is 1. The molecule has 152 valence electrons. The first-order valence-electron chi connectivity index (χ1n) is 10.1. The van der Waals surface area contributed by atoms with Crippen molar-refractivity contribution in [3.8, 4) is 5.75 Å². The fourth-order valence-corrected chi connectivity index (χ4v) is 4.15. The number of ether oxygens (including phenoxy) is 2. The molecule has 0 radical (unpaired) electrons. The van der Waals surface area contributed by atoms with Crippen molar-refractivity contribution in [3.05, 3.63) is 28.8 Å². The molecule has 0 spiro atoms. The van der Waals surface area contributed by atoms with Gasteiger partial charge in [-0.05, 0) is 37.6 Å². The minimum atomic E-state index is -0.824. The van der Waals surface area contributed by atoms with Gasteiger partial charge in [-0.3, -0.25) is 14.5 Å². The van der Waals surface area contributed by atoms with Gasteiger partial charge in [0, 0.05) is 45.8 Å². The maximum atomic E-state index is 12.7. The number of hydrogen-bond donors (Lipinski definition) is 0. The van der Waals surface area contributed by atoms with Crippen LogP contribution in [0.1, 0.15) is 21.5 Å². The van der Waals surface area contributed by atoms with Gasteiger partial charge < -0.3 is 19.3 Å². The summed E-state index contributed by atoms with van der Waals surface area (Å²) in [5, 5.41) is 0. The first kappa shape index (κ1) is 19.5. The number of ketones is 2. The lowest BCUT2D eigenvalue weighted by atomic mass is 9.94. The van der Waals surface area contributed by atoms with Gasteiger partial charge in [0.05, 0.1) is 18.8 Å². The van der Waals surface area contributed by atoms with E-state index in [0.29, 0.717) is 37.6 Å². The first-order chi connectivity index (χ1) is 13.5. The number of hydrogen-bond acceptors (Lipinski definition) is 7. The molecule has 1 aromatic carbocycles. The largest absolute Gasteiger partial charge is 0.466 e. The van der Waals surface area contributed by atoms with Crippen LogP contribution in [0.5, 0.6) is 5.75 Å². The first-order valence-corrected chi connectivity index (χ1v) is 10.1. The number of rotatable bonds is 4. The smallest absolute Gasteiger partial charge is 0.259 e. The minimum Gasteiger partial charge on any atom is -0.466 e. The molecular formula is C21H29N3O4. The van der Waals surface area contributed by atoms with Crippen LogP contribution in [-0.4, -0.2) is 98.6 Å². The van der Waals surface area contributed by atoms with Crippen LogP contribution in [0.2, 0.25) is 0 Å². The molecular weight excluding hydrogens is 358 g/mol. The molecule has 2 fully saturated rings. The molecule has 7 nitrogen and oxygen atoms in total. The Hall–Kier alpha value is -1.80. The number of piperazine rings is 1. The third-order valence-corrected chi connectivity index (χ3v) is 6.11. The lowest BCUT2D eigenvalue weighted by Crippen LogP contribution is -2.54. The second-order valence-electron chi connectivity index (χ2n) is 7.93. The zero-order chi connectivity index (χ0) is 19.7. The maximum absolute atomic E-state index is 12.7. The van der Waals surface area contributed by atoms with Crippen LogP contribution in [0, 0.1) is 6.92 Å². The summed E-state index contributed by atoms with van der Waals surface area (Å²) in [4.78, 5) is 32.0. The average Bonchev–Trinajstić information content (AvgIpc) is 2.72. The zero-order valence-corrected chi connectivity index (χ0v) is 16.8. The summed E-state index contributed by atoms with van der Waals surface area (Å²) in [6, 6.07) is 3.74. The molecule has 1 unspecified atom stereocenters. The van der Waals surface area contributed by atoms with Crippen LogP contribution in [0.4, 0.5) is 0 Å². The molecule has 7 heteroatoms. The van der Waals surface area contributed by atoms with E-state index in [-0.39, 0.29) is 0 Å². The van der Waals surface area contributed by atoms with Crippen LogP contribution in [0.15, 0.2) is 12.1 Å². The van der Waals surface area contributed by atoms with Crippen molar-refractivity contribution in [1.29, 1.82) is 0 Å². The molecule has 0 aliphatic carbocycles. The summed E-state index contributed by atoms with van der Waals surface area (Å²) >= 11 is 0. The Labute approximate surface area is 166 Å². The molecule has 2 saturated heterocycles. The van der Waals surface area contributed by atoms with Gasteiger partial charge in [-0.15, -0.1) is 0 Å². The molecule has 3 heterocycles. The Morgan fingerprint density at radius 1 is 1.04 bits per heavy atom. The molecule has 0 amide bonds. The zero-order valence-electron chi connectivity index (χ0n) is 16.8. The van der Waals surface area contributed by atoms with Gasteiger partial charge in [0.15, 0.2) is 0 Å². The summed E-state index contributed by atoms with van der Waals surface area (Å²) in [5.74, 6) is -0.331. The molecule has 3 aliphatic rings. The number of morpholine rings is 1. The predicted molar refractivity (Wildman–Crippen MR) is 105 cm³/mol. The Kier molecular flexibility index (Phi) is 5.78. The Morgan fingerprint density at radius 2 is 1.75 bits per heavy atom. The number of Topliss-reactive ketones (excluding diaryl/α,β-unsaturated/α-hetero) is 2. The van der Waals surface area contributed by atoms with Gasteiger partial charge in [-0.25, -0.2) is 0 Å². The monoisotopic (exact) mass is 387 g/mol. The van der Waals surface area contributed by atoms with Gasteiger partial charge in [-0.1, -0.05) is 6.07 Å². The highest BCUT2D eigenvalue weighted by Gasteiger charge is 2.40. The number of benzene rings is 1. The summed E-state index contributed by atoms with van der Waals surface area (Å²) in [6.45, 7) is 9.67. The van der Waals surface area contributed by atoms with Crippen molar-refractivity contribution in [2.45, 2.75) is 19.6 Å². The fourth-order valence-electron chi connectivity index (χ4n) is 4.15. The number of nitrogens with zero attached hydrogens (tertiary/aromatic N) is 3. The molecule has 28 heavy (non-hydrogen) atoms. The van der Waals surface area contributed by atoms with Gasteiger partial charge in [0.1, 0.15) is 5.75 Å². The van der Waals surface area contributed by atoms with E-state index in [4.69, 9.17) is 9.47 Å². The number of likely N-dealkylation sites (N-methyl/N-ethyl adjacent to an activating group) is 1. The van der Waals surface area contributed by atoms with Crippen LogP contribution >= 0.6 is 0 Å². The summed E-state index contributed by atoms with van der Waals surface area (Å²) in [6.07, 6.45) is 0.0896. The van der Waals surface area contributed by atoms with E-state index in [1.54, 1.807) is 6.07 Å². The van der Waals surface area contributed by atoms with E-state index in [9.17, 15) is 9.59 Å². The van der Waals surface area contributed by atoms with Gasteiger partial charge in [0.25, 0.3) is 5.78 Å². The minimum absolute atomic E-state index is 0.398. The SMILES string of the molecule is Cc1c(CCN2CCN(C)CC2)ccc2c1OC(N1CCOCC1)C(=O)C2=O. The van der Waals surface area contributed by atoms with Crippen LogP contribution in [0.25, 0.3) is 0 Å². The predicted octanol–water partition coefficient (Wildman–Crippen LogP) is 0.587. The Bertz CT molecular complexity index is 752. The maximum Gasteiger partial charge on any atom is 0.259 e. The van der Waals surface area contributed by atoms with Crippen LogP contribution in [-0.2, 0) is 16.0 Å². The summed E-state index contributed by atoms with van der Waals surface area (Å²) < 4.78 is 11.5. The summed E-state index contributed by atoms with van der Waals surface area (Å²) in [5.41, 5.74) is 2.56. The second kappa shape index (κ2) is 8.29. The molecule has 0 bridgehead atoms. The standard InChI is InChI=1S/C21H29N3O4/c1-15-16(5-6-23-9-7-22(2)8-10-23)3-4-17-18(25)19(26)21(28-20(15)17)24-11-13-27-14-12-24/h3-4,21H,5-14H2,1-2H3. The third-order valence-electron chi connectivity index (χ3n) is 6.11. The topological polar surface area (TPSA) is 62.3 Å². The van der Waals surface area contributed by atoms with Gasteiger partial charge in [0.2, 0.25) is 12.0 Å². The van der Waals surface area contributed by atoms with E-state index < -0.39 is 17.8 Å². The normalized spacial score (nSPS) is 24.9. The van der Waals surface area contributed by atoms with Crippen molar-refractivity contribution in [3.63, 3.8) is 0 Å². The van der Waals surface area contributed by atoms with E-state index in [2.05, 4.69) is 16.8 Å². The molecule has 0 saturated carbocycles. The highest BCUT2D eigenvalue weighted by atomic mass is 16.5. The van der Waals surface area contributed by atoms with Crippen molar-refractivity contribution in [2.24, 2.45) is 0 Å².